The summed E-state index contributed by atoms with van der Waals surface area (Å²) in [7, 11) is 0. The number of hydrogen-bond acceptors (Lipinski definition) is 7. The highest BCUT2D eigenvalue weighted by molar-refractivity contribution is 5.74. The van der Waals surface area contributed by atoms with Crippen LogP contribution in [-0.2, 0) is 9.59 Å². The Morgan fingerprint density at radius 1 is 0.697 bits per heavy atom. The van der Waals surface area contributed by atoms with E-state index in [4.69, 9.17) is 9.47 Å². The first-order valence-corrected chi connectivity index (χ1v) is 10.1. The van der Waals surface area contributed by atoms with Crippen LogP contribution in [0.25, 0.3) is 34.9 Å². The molecule has 0 spiro atoms. The van der Waals surface area contributed by atoms with Gasteiger partial charge >= 0.3 is 0 Å². The fraction of sp³-hybridized carbons (Fsp3) is 0.0385. The summed E-state index contributed by atoms with van der Waals surface area (Å²) in [6, 6.07) is 18.2. The second-order valence-corrected chi connectivity index (χ2v) is 7.04. The van der Waals surface area contributed by atoms with Crippen LogP contribution in [0.5, 0.6) is 11.5 Å². The van der Waals surface area contributed by atoms with Crippen molar-refractivity contribution < 1.29 is 19.1 Å². The number of ether oxygens (including phenoxy) is 2. The lowest BCUT2D eigenvalue weighted by molar-refractivity contribution is -0.121. The van der Waals surface area contributed by atoms with Crippen LogP contribution in [0.1, 0.15) is 16.7 Å². The zero-order chi connectivity index (χ0) is 23.0. The number of hydrogen-bond donors (Lipinski definition) is 0. The van der Waals surface area contributed by atoms with E-state index >= 15 is 0 Å². The summed E-state index contributed by atoms with van der Waals surface area (Å²) < 4.78 is 9.97. The van der Waals surface area contributed by atoms with E-state index in [1.807, 2.05) is 36.4 Å². The van der Waals surface area contributed by atoms with Gasteiger partial charge in [0.15, 0.2) is 0 Å². The van der Waals surface area contributed by atoms with E-state index in [0.717, 1.165) is 11.1 Å². The molecule has 4 rings (SSSR count). The number of benzene rings is 1. The summed E-state index contributed by atoms with van der Waals surface area (Å²) in [5.74, 6) is 0.609. The Bertz CT molecular complexity index is 1330. The van der Waals surface area contributed by atoms with E-state index in [1.165, 1.54) is 11.8 Å². The molecular formula is C26H19N3O4. The van der Waals surface area contributed by atoms with Crippen LogP contribution in [-0.4, -0.2) is 27.9 Å². The number of carbonyl (C=O) groups is 2. The van der Waals surface area contributed by atoms with Crippen LogP contribution in [0.2, 0.25) is 0 Å². The van der Waals surface area contributed by atoms with Crippen LogP contribution < -0.4 is 9.47 Å². The van der Waals surface area contributed by atoms with E-state index in [1.54, 1.807) is 30.5 Å². The number of rotatable bonds is 8. The summed E-state index contributed by atoms with van der Waals surface area (Å²) >= 11 is 0. The molecule has 0 N–H and O–H groups in total. The average Bonchev–Trinajstić information content (AvgIpc) is 2.84. The molecule has 0 amide bonds. The lowest BCUT2D eigenvalue weighted by Crippen LogP contribution is -1.97. The van der Waals surface area contributed by atoms with Crippen molar-refractivity contribution in [3.05, 3.63) is 89.7 Å². The molecule has 1 aromatic carbocycles. The molecule has 162 valence electrons. The van der Waals surface area contributed by atoms with Gasteiger partial charge in [0, 0.05) is 30.6 Å². The highest BCUT2D eigenvalue weighted by Gasteiger charge is 2.11. The summed E-state index contributed by atoms with van der Waals surface area (Å²) in [6.07, 6.45) is 7.24. The number of carbonyl (C=O) groups excluding carboxylic acids is 2. The molecule has 0 fully saturated rings. The van der Waals surface area contributed by atoms with Gasteiger partial charge in [0.1, 0.15) is 11.5 Å². The van der Waals surface area contributed by atoms with Gasteiger partial charge in [0.2, 0.25) is 0 Å². The van der Waals surface area contributed by atoms with E-state index in [2.05, 4.69) is 34.0 Å². The van der Waals surface area contributed by atoms with Crippen molar-refractivity contribution in [3.8, 4) is 34.3 Å². The number of aromatic nitrogens is 3. The highest BCUT2D eigenvalue weighted by Crippen LogP contribution is 2.28. The molecule has 0 aliphatic heterocycles. The van der Waals surface area contributed by atoms with Gasteiger partial charge in [0.25, 0.3) is 12.9 Å². The molecule has 33 heavy (non-hydrogen) atoms. The second kappa shape index (κ2) is 10.1. The molecule has 4 aromatic rings. The van der Waals surface area contributed by atoms with Crippen molar-refractivity contribution in [2.75, 3.05) is 0 Å². The Kier molecular flexibility index (Phi) is 6.61. The predicted molar refractivity (Wildman–Crippen MR) is 124 cm³/mol. The Morgan fingerprint density at radius 3 is 2.06 bits per heavy atom. The Morgan fingerprint density at radius 2 is 1.33 bits per heavy atom. The third-order valence-corrected chi connectivity index (χ3v) is 4.85. The Balaban J connectivity index is 1.72. The summed E-state index contributed by atoms with van der Waals surface area (Å²) in [4.78, 5) is 35.0. The maximum atomic E-state index is 11.0. The largest absolute Gasteiger partial charge is 0.429 e. The van der Waals surface area contributed by atoms with Gasteiger partial charge < -0.3 is 9.47 Å². The number of pyridine rings is 3. The fourth-order valence-electron chi connectivity index (χ4n) is 3.22. The first-order valence-electron chi connectivity index (χ1n) is 10.1. The lowest BCUT2D eigenvalue weighted by atomic mass is 10.1. The Hall–Kier alpha value is -4.65. The third-order valence-electron chi connectivity index (χ3n) is 4.85. The minimum atomic E-state index is 0.288. The van der Waals surface area contributed by atoms with Gasteiger partial charge in [-0.3, -0.25) is 19.6 Å². The topological polar surface area (TPSA) is 91.3 Å². The van der Waals surface area contributed by atoms with E-state index in [-0.39, 0.29) is 5.75 Å². The van der Waals surface area contributed by atoms with Crippen molar-refractivity contribution in [3.63, 3.8) is 0 Å². The number of aryl methyl sites for hydroxylation is 1. The third kappa shape index (κ3) is 5.34. The van der Waals surface area contributed by atoms with Gasteiger partial charge in [0.05, 0.1) is 22.8 Å². The van der Waals surface area contributed by atoms with Gasteiger partial charge in [-0.25, -0.2) is 4.98 Å². The van der Waals surface area contributed by atoms with Gasteiger partial charge in [-0.05, 0) is 41.8 Å². The zero-order valence-electron chi connectivity index (χ0n) is 17.7. The van der Waals surface area contributed by atoms with Gasteiger partial charge in [-0.2, -0.15) is 0 Å². The van der Waals surface area contributed by atoms with E-state index in [0.29, 0.717) is 41.5 Å². The Labute approximate surface area is 190 Å². The smallest absolute Gasteiger partial charge is 0.298 e. The molecule has 7 heteroatoms. The molecular weight excluding hydrogens is 418 g/mol. The molecule has 0 aliphatic carbocycles. The molecule has 3 heterocycles. The summed E-state index contributed by atoms with van der Waals surface area (Å²) in [5, 5.41) is 0. The molecule has 3 aromatic heterocycles. The standard InChI is InChI=1S/C26H19N3O4/c1-18-4-2-3-5-20(18)7-6-19-8-10-27-23(12-19)25-14-22(33-17-31)15-26(29-25)24-13-21(32-16-30)9-11-28-24/h2-17H,1H3/b7-6+. The fourth-order valence-corrected chi connectivity index (χ4v) is 3.22. The van der Waals surface area contributed by atoms with Crippen LogP contribution in [0, 0.1) is 6.92 Å². The molecule has 7 nitrogen and oxygen atoms in total. The van der Waals surface area contributed by atoms with E-state index < -0.39 is 0 Å². The van der Waals surface area contributed by atoms with Crippen molar-refractivity contribution in [2.45, 2.75) is 6.92 Å². The van der Waals surface area contributed by atoms with Gasteiger partial charge in [-0.1, -0.05) is 36.4 Å². The molecule has 0 saturated heterocycles. The van der Waals surface area contributed by atoms with Crippen LogP contribution in [0.15, 0.2) is 73.1 Å². The van der Waals surface area contributed by atoms with Crippen LogP contribution >= 0.6 is 0 Å². The maximum absolute atomic E-state index is 11.0. The molecule has 0 saturated carbocycles. The zero-order valence-corrected chi connectivity index (χ0v) is 17.7. The normalized spacial score (nSPS) is 10.7. The average molecular weight is 437 g/mol. The molecule has 0 atom stereocenters. The van der Waals surface area contributed by atoms with Crippen molar-refractivity contribution in [1.82, 2.24) is 15.0 Å². The summed E-state index contributed by atoms with van der Waals surface area (Å²) in [6.45, 7) is 2.74. The van der Waals surface area contributed by atoms with Crippen molar-refractivity contribution >= 4 is 25.1 Å². The van der Waals surface area contributed by atoms with Crippen molar-refractivity contribution in [2.24, 2.45) is 0 Å². The maximum Gasteiger partial charge on any atom is 0.298 e. The second-order valence-electron chi connectivity index (χ2n) is 7.04. The molecule has 0 unspecified atom stereocenters. The molecule has 0 aliphatic rings. The first-order chi connectivity index (χ1) is 16.2. The first kappa shape index (κ1) is 21.6. The van der Waals surface area contributed by atoms with Gasteiger partial charge in [-0.15, -0.1) is 0 Å². The minimum absolute atomic E-state index is 0.288. The quantitative estimate of drug-likeness (QED) is 0.367. The lowest BCUT2D eigenvalue weighted by Gasteiger charge is -2.08. The minimum Gasteiger partial charge on any atom is -0.429 e. The molecule has 0 radical (unpaired) electrons. The number of nitrogens with zero attached hydrogens (tertiary/aromatic N) is 3. The monoisotopic (exact) mass is 437 g/mol. The summed E-state index contributed by atoms with van der Waals surface area (Å²) in [5.41, 5.74) is 5.22. The highest BCUT2D eigenvalue weighted by atomic mass is 16.5. The van der Waals surface area contributed by atoms with Crippen LogP contribution in [0.3, 0.4) is 0 Å². The SMILES string of the molecule is Cc1ccccc1/C=C/c1ccnc(-c2cc(OC=O)cc(-c3cc(OC=O)ccn3)n2)c1. The van der Waals surface area contributed by atoms with Crippen LogP contribution in [0.4, 0.5) is 0 Å². The predicted octanol–water partition coefficient (Wildman–Crippen LogP) is 4.75. The molecule has 0 bridgehead atoms. The van der Waals surface area contributed by atoms with Crippen molar-refractivity contribution in [1.29, 1.82) is 0 Å². The van der Waals surface area contributed by atoms with E-state index in [9.17, 15) is 9.59 Å².